The summed E-state index contributed by atoms with van der Waals surface area (Å²) in [5, 5.41) is 5.09. The maximum absolute atomic E-state index is 11.8. The predicted octanol–water partition coefficient (Wildman–Crippen LogP) is 0.847. The Labute approximate surface area is 120 Å². The van der Waals surface area contributed by atoms with Gasteiger partial charge < -0.3 is 10.1 Å². The molecule has 3 amide bonds. The molecule has 1 heterocycles. The van der Waals surface area contributed by atoms with Gasteiger partial charge in [0, 0.05) is 12.4 Å². The van der Waals surface area contributed by atoms with Gasteiger partial charge in [0.05, 0.1) is 5.52 Å². The van der Waals surface area contributed by atoms with E-state index in [4.69, 9.17) is 4.74 Å². The number of carbonyl (C=O) groups excluding carboxylic acids is 3. The van der Waals surface area contributed by atoms with Crippen LogP contribution >= 0.6 is 0 Å². The highest BCUT2D eigenvalue weighted by atomic mass is 16.5. The highest BCUT2D eigenvalue weighted by Crippen LogP contribution is 2.12. The predicted molar refractivity (Wildman–Crippen MR) is 74.6 cm³/mol. The minimum Gasteiger partial charge on any atom is -0.451 e. The highest BCUT2D eigenvalue weighted by molar-refractivity contribution is 5.97. The first kappa shape index (κ1) is 14.4. The highest BCUT2D eigenvalue weighted by Gasteiger charge is 2.13. The summed E-state index contributed by atoms with van der Waals surface area (Å²) in [7, 11) is 1.37. The molecule has 21 heavy (non-hydrogen) atoms. The number of imide groups is 1. The zero-order valence-corrected chi connectivity index (χ0v) is 11.3. The van der Waals surface area contributed by atoms with E-state index in [1.165, 1.54) is 13.1 Å². The number of nitrogens with one attached hydrogen (secondary N) is 2. The van der Waals surface area contributed by atoms with E-state index in [-0.39, 0.29) is 5.69 Å². The van der Waals surface area contributed by atoms with Crippen LogP contribution < -0.4 is 10.6 Å². The molecule has 0 saturated carbocycles. The number of fused-ring (bicyclic) bond motifs is 1. The Hall–Kier alpha value is -2.96. The molecule has 7 nitrogen and oxygen atoms in total. The third-order valence-corrected chi connectivity index (χ3v) is 2.62. The third-order valence-electron chi connectivity index (χ3n) is 2.62. The van der Waals surface area contributed by atoms with Gasteiger partial charge in [-0.15, -0.1) is 0 Å². The van der Waals surface area contributed by atoms with Crippen molar-refractivity contribution < 1.29 is 19.1 Å². The molecule has 2 rings (SSSR count). The fourth-order valence-electron chi connectivity index (χ4n) is 1.61. The average molecular weight is 287 g/mol. The average Bonchev–Trinajstić information content (AvgIpc) is 2.51. The van der Waals surface area contributed by atoms with Crippen molar-refractivity contribution in [3.05, 3.63) is 42.1 Å². The molecule has 7 heteroatoms. The lowest BCUT2D eigenvalue weighted by Gasteiger charge is -2.05. The molecule has 0 aliphatic heterocycles. The number of para-hydroxylation sites is 1. The van der Waals surface area contributed by atoms with Crippen LogP contribution in [0, 0.1) is 0 Å². The number of carbonyl (C=O) groups is 3. The fourth-order valence-corrected chi connectivity index (χ4v) is 1.61. The third kappa shape index (κ3) is 3.75. The Bertz CT molecular complexity index is 699. The second kappa shape index (κ2) is 6.47. The van der Waals surface area contributed by atoms with Crippen molar-refractivity contribution >= 4 is 28.8 Å². The van der Waals surface area contributed by atoms with Gasteiger partial charge >= 0.3 is 12.0 Å². The van der Waals surface area contributed by atoms with Crippen molar-refractivity contribution in [1.82, 2.24) is 15.6 Å². The molecular formula is C14H13N3O4. The van der Waals surface area contributed by atoms with Crippen molar-refractivity contribution in [3.63, 3.8) is 0 Å². The lowest BCUT2D eigenvalue weighted by Crippen LogP contribution is -2.39. The number of hydrogen-bond donors (Lipinski definition) is 2. The first-order valence-corrected chi connectivity index (χ1v) is 6.14. The van der Waals surface area contributed by atoms with E-state index in [0.29, 0.717) is 5.52 Å². The van der Waals surface area contributed by atoms with Gasteiger partial charge in [0.2, 0.25) is 0 Å². The summed E-state index contributed by atoms with van der Waals surface area (Å²) < 4.78 is 4.79. The molecule has 0 bridgehead atoms. The number of aromatic nitrogens is 1. The van der Waals surface area contributed by atoms with Crippen molar-refractivity contribution in [1.29, 1.82) is 0 Å². The zero-order valence-electron chi connectivity index (χ0n) is 11.3. The van der Waals surface area contributed by atoms with Gasteiger partial charge in [-0.2, -0.15) is 0 Å². The smallest absolute Gasteiger partial charge is 0.357 e. The van der Waals surface area contributed by atoms with Crippen molar-refractivity contribution in [3.8, 4) is 0 Å². The molecule has 0 atom stereocenters. The Morgan fingerprint density at radius 2 is 1.90 bits per heavy atom. The second-order valence-corrected chi connectivity index (χ2v) is 4.09. The molecule has 0 radical (unpaired) electrons. The summed E-state index contributed by atoms with van der Waals surface area (Å²) in [6, 6.07) is 9.90. The summed E-state index contributed by atoms with van der Waals surface area (Å²) in [6.45, 7) is -0.555. The Kier molecular flexibility index (Phi) is 4.45. The van der Waals surface area contributed by atoms with Crippen LogP contribution in [0.4, 0.5) is 4.79 Å². The van der Waals surface area contributed by atoms with E-state index in [0.717, 1.165) is 5.39 Å². The Morgan fingerprint density at radius 3 is 2.67 bits per heavy atom. The summed E-state index contributed by atoms with van der Waals surface area (Å²) in [4.78, 5) is 38.1. The number of rotatable bonds is 3. The van der Waals surface area contributed by atoms with Gasteiger partial charge in [0.1, 0.15) is 5.69 Å². The van der Waals surface area contributed by atoms with E-state index >= 15 is 0 Å². The SMILES string of the molecule is CNC(=O)NC(=O)COC(=O)c1ccc2ccccc2n1. The molecule has 0 aliphatic carbocycles. The van der Waals surface area contributed by atoms with Gasteiger partial charge in [0.15, 0.2) is 6.61 Å². The summed E-state index contributed by atoms with van der Waals surface area (Å²) in [6.07, 6.45) is 0. The first-order chi connectivity index (χ1) is 10.1. The minimum absolute atomic E-state index is 0.0986. The van der Waals surface area contributed by atoms with Crippen molar-refractivity contribution in [2.24, 2.45) is 0 Å². The molecule has 0 aliphatic rings. The first-order valence-electron chi connectivity index (χ1n) is 6.14. The molecule has 0 spiro atoms. The number of amides is 3. The minimum atomic E-state index is -0.729. The maximum atomic E-state index is 11.8. The summed E-state index contributed by atoms with van der Waals surface area (Å²) in [5.41, 5.74) is 0.753. The van der Waals surface area contributed by atoms with E-state index in [1.807, 2.05) is 17.4 Å². The zero-order chi connectivity index (χ0) is 15.2. The van der Waals surface area contributed by atoms with Crippen LogP contribution in [-0.4, -0.2) is 36.5 Å². The standard InChI is InChI=1S/C14H13N3O4/c1-15-14(20)17-12(18)8-21-13(19)11-7-6-9-4-2-3-5-10(9)16-11/h2-7H,8H2,1H3,(H2,15,17,18,20). The van der Waals surface area contributed by atoms with E-state index in [1.54, 1.807) is 18.2 Å². The number of urea groups is 1. The lowest BCUT2D eigenvalue weighted by atomic mass is 10.2. The number of nitrogens with zero attached hydrogens (tertiary/aromatic N) is 1. The summed E-state index contributed by atoms with van der Waals surface area (Å²) in [5.74, 6) is -1.45. The summed E-state index contributed by atoms with van der Waals surface area (Å²) >= 11 is 0. The normalized spacial score (nSPS) is 9.95. The van der Waals surface area contributed by atoms with Gasteiger partial charge in [-0.25, -0.2) is 14.6 Å². The quantitative estimate of drug-likeness (QED) is 0.815. The van der Waals surface area contributed by atoms with Crippen LogP contribution in [0.1, 0.15) is 10.5 Å². The van der Waals surface area contributed by atoms with E-state index < -0.39 is 24.5 Å². The number of ether oxygens (including phenoxy) is 1. The monoisotopic (exact) mass is 287 g/mol. The molecule has 0 unspecified atom stereocenters. The number of pyridine rings is 1. The van der Waals surface area contributed by atoms with Gasteiger partial charge in [-0.3, -0.25) is 10.1 Å². The fraction of sp³-hybridized carbons (Fsp3) is 0.143. The molecule has 2 aromatic rings. The Balaban J connectivity index is 1.99. The van der Waals surface area contributed by atoms with Gasteiger partial charge in [-0.1, -0.05) is 24.3 Å². The molecule has 108 valence electrons. The van der Waals surface area contributed by atoms with Crippen molar-refractivity contribution in [2.45, 2.75) is 0 Å². The lowest BCUT2D eigenvalue weighted by molar-refractivity contribution is -0.123. The maximum Gasteiger partial charge on any atom is 0.357 e. The largest absolute Gasteiger partial charge is 0.451 e. The number of esters is 1. The van der Waals surface area contributed by atoms with Crippen molar-refractivity contribution in [2.75, 3.05) is 13.7 Å². The van der Waals surface area contributed by atoms with Crippen LogP contribution in [0.25, 0.3) is 10.9 Å². The van der Waals surface area contributed by atoms with Crippen LogP contribution in [-0.2, 0) is 9.53 Å². The number of hydrogen-bond acceptors (Lipinski definition) is 5. The molecule has 1 aromatic heterocycles. The van der Waals surface area contributed by atoms with Crippen LogP contribution in [0.5, 0.6) is 0 Å². The van der Waals surface area contributed by atoms with Crippen LogP contribution in [0.15, 0.2) is 36.4 Å². The van der Waals surface area contributed by atoms with Gasteiger partial charge in [0.25, 0.3) is 5.91 Å². The van der Waals surface area contributed by atoms with Crippen LogP contribution in [0.2, 0.25) is 0 Å². The Morgan fingerprint density at radius 1 is 1.14 bits per heavy atom. The molecule has 0 fully saturated rings. The number of benzene rings is 1. The topological polar surface area (TPSA) is 97.4 Å². The molecule has 0 saturated heterocycles. The molecule has 2 N–H and O–H groups in total. The van der Waals surface area contributed by atoms with E-state index in [9.17, 15) is 14.4 Å². The second-order valence-electron chi connectivity index (χ2n) is 4.09. The van der Waals surface area contributed by atoms with Crippen LogP contribution in [0.3, 0.4) is 0 Å². The molecule has 1 aromatic carbocycles. The molecular weight excluding hydrogens is 274 g/mol. The van der Waals surface area contributed by atoms with E-state index in [2.05, 4.69) is 10.3 Å². The van der Waals surface area contributed by atoms with Gasteiger partial charge in [-0.05, 0) is 12.1 Å².